The van der Waals surface area contributed by atoms with E-state index in [0.29, 0.717) is 29.9 Å². The normalized spacial score (nSPS) is 11.8. The number of furan rings is 1. The Morgan fingerprint density at radius 3 is 2.68 bits per heavy atom. The summed E-state index contributed by atoms with van der Waals surface area (Å²) in [6.07, 6.45) is 0.334. The first-order valence-electron chi connectivity index (χ1n) is 7.99. The summed E-state index contributed by atoms with van der Waals surface area (Å²) in [5.41, 5.74) is 1.97. The van der Waals surface area contributed by atoms with Gasteiger partial charge in [0.05, 0.1) is 24.2 Å². The molecule has 0 aliphatic rings. The summed E-state index contributed by atoms with van der Waals surface area (Å²) in [5.74, 6) is -0.0988. The van der Waals surface area contributed by atoms with Crippen molar-refractivity contribution >= 4 is 16.9 Å². The average molecular weight is 335 g/mol. The first-order chi connectivity index (χ1) is 12.1. The topological polar surface area (TPSA) is 83.5 Å². The highest BCUT2D eigenvalue weighted by molar-refractivity contribution is 5.81. The molecule has 1 unspecified atom stereocenters. The molecule has 5 heteroatoms. The molecule has 0 amide bonds. The lowest BCUT2D eigenvalue weighted by atomic mass is 9.94. The summed E-state index contributed by atoms with van der Waals surface area (Å²) < 4.78 is 11.0. The van der Waals surface area contributed by atoms with Gasteiger partial charge in [-0.1, -0.05) is 12.1 Å². The molecule has 0 aliphatic carbocycles. The molecule has 0 aliphatic heterocycles. The van der Waals surface area contributed by atoms with Crippen LogP contribution in [0.2, 0.25) is 0 Å². The maximum Gasteiger partial charge on any atom is 0.313 e. The summed E-state index contributed by atoms with van der Waals surface area (Å²) in [4.78, 5) is 12.4. The predicted molar refractivity (Wildman–Crippen MR) is 92.1 cm³/mol. The molecule has 0 fully saturated rings. The molecule has 3 rings (SSSR count). The van der Waals surface area contributed by atoms with Crippen LogP contribution in [0, 0.1) is 11.3 Å². The van der Waals surface area contributed by atoms with E-state index in [0.717, 1.165) is 10.9 Å². The number of nitrogens with zero attached hydrogens (tertiary/aromatic N) is 1. The lowest BCUT2D eigenvalue weighted by molar-refractivity contribution is -0.145. The molecular weight excluding hydrogens is 318 g/mol. The third-order valence-electron chi connectivity index (χ3n) is 3.97. The van der Waals surface area contributed by atoms with Crippen LogP contribution >= 0.6 is 0 Å². The first-order valence-corrected chi connectivity index (χ1v) is 7.99. The Hall–Kier alpha value is -3.26. The van der Waals surface area contributed by atoms with Crippen molar-refractivity contribution in [1.82, 2.24) is 0 Å². The number of carbonyl (C=O) groups excluding carboxylic acids is 1. The van der Waals surface area contributed by atoms with Gasteiger partial charge in [-0.25, -0.2) is 0 Å². The second-order valence-corrected chi connectivity index (χ2v) is 5.68. The van der Waals surface area contributed by atoms with Crippen LogP contribution < -0.4 is 0 Å². The zero-order valence-electron chi connectivity index (χ0n) is 13.7. The lowest BCUT2D eigenvalue weighted by Crippen LogP contribution is -2.18. The minimum Gasteiger partial charge on any atom is -0.508 e. The number of phenolic OH excluding ortho intramolecular Hbond substituents is 1. The minimum absolute atomic E-state index is 0.138. The van der Waals surface area contributed by atoms with Gasteiger partial charge >= 0.3 is 5.97 Å². The minimum atomic E-state index is -0.531. The van der Waals surface area contributed by atoms with Gasteiger partial charge in [-0.05, 0) is 48.9 Å². The molecule has 0 saturated heterocycles. The number of fused-ring (bicyclic) bond motifs is 1. The van der Waals surface area contributed by atoms with Gasteiger partial charge in [0.2, 0.25) is 0 Å². The fourth-order valence-electron chi connectivity index (χ4n) is 2.76. The highest BCUT2D eigenvalue weighted by Gasteiger charge is 2.24. The molecule has 0 radical (unpaired) electrons. The van der Waals surface area contributed by atoms with Crippen LogP contribution in [0.15, 0.2) is 52.9 Å². The molecule has 0 saturated carbocycles. The van der Waals surface area contributed by atoms with Crippen molar-refractivity contribution in [2.45, 2.75) is 19.3 Å². The van der Waals surface area contributed by atoms with Gasteiger partial charge in [-0.3, -0.25) is 4.79 Å². The Bertz CT molecular complexity index is 934. The Morgan fingerprint density at radius 2 is 2.00 bits per heavy atom. The molecule has 3 aromatic rings. The molecule has 0 spiro atoms. The fraction of sp³-hybridized carbons (Fsp3) is 0.200. The number of esters is 1. The molecule has 5 nitrogen and oxygen atoms in total. The summed E-state index contributed by atoms with van der Waals surface area (Å²) in [7, 11) is 0. The van der Waals surface area contributed by atoms with Crippen molar-refractivity contribution in [3.63, 3.8) is 0 Å². The number of ether oxygens (including phenoxy) is 1. The van der Waals surface area contributed by atoms with Gasteiger partial charge in [0.15, 0.2) is 0 Å². The van der Waals surface area contributed by atoms with Crippen molar-refractivity contribution in [2.24, 2.45) is 0 Å². The van der Waals surface area contributed by atoms with E-state index < -0.39 is 5.92 Å². The SMILES string of the molecule is CCOC(=O)C(Cc1cc2cc(C#N)ccc2o1)c1ccc(O)cc1. The molecule has 1 heterocycles. The standard InChI is InChI=1S/C20H17NO4/c1-2-24-20(23)18(14-4-6-16(22)7-5-14)11-17-10-15-9-13(12-21)3-8-19(15)25-17/h3-10,18,22H,2,11H2,1H3. The molecule has 126 valence electrons. The molecule has 2 aromatic carbocycles. The zero-order chi connectivity index (χ0) is 17.8. The predicted octanol–water partition coefficient (Wildman–Crippen LogP) is 3.90. The quantitative estimate of drug-likeness (QED) is 0.715. The second kappa shape index (κ2) is 7.10. The third kappa shape index (κ3) is 3.64. The molecule has 1 N–H and O–H groups in total. The molecule has 25 heavy (non-hydrogen) atoms. The van der Waals surface area contributed by atoms with Crippen LogP contribution in [0.1, 0.15) is 29.7 Å². The molecule has 0 bridgehead atoms. The Labute approximate surface area is 145 Å². The van der Waals surface area contributed by atoms with E-state index in [2.05, 4.69) is 6.07 Å². The number of hydrogen-bond acceptors (Lipinski definition) is 5. The van der Waals surface area contributed by atoms with Crippen molar-refractivity contribution in [2.75, 3.05) is 6.61 Å². The van der Waals surface area contributed by atoms with Crippen LogP contribution in [0.3, 0.4) is 0 Å². The Morgan fingerprint density at radius 1 is 1.24 bits per heavy atom. The highest BCUT2D eigenvalue weighted by Crippen LogP contribution is 2.28. The number of phenols is 1. The van der Waals surface area contributed by atoms with Crippen LogP contribution in [0.25, 0.3) is 11.0 Å². The summed E-state index contributed by atoms with van der Waals surface area (Å²) in [6, 6.07) is 15.6. The summed E-state index contributed by atoms with van der Waals surface area (Å²) in [6.45, 7) is 2.05. The summed E-state index contributed by atoms with van der Waals surface area (Å²) in [5, 5.41) is 19.3. The van der Waals surface area contributed by atoms with Crippen LogP contribution in [-0.4, -0.2) is 17.7 Å². The number of benzene rings is 2. The van der Waals surface area contributed by atoms with Crippen LogP contribution in [0.4, 0.5) is 0 Å². The van der Waals surface area contributed by atoms with Crippen molar-refractivity contribution in [3.05, 3.63) is 65.4 Å². The van der Waals surface area contributed by atoms with Gasteiger partial charge in [0, 0.05) is 11.8 Å². The van der Waals surface area contributed by atoms with Crippen molar-refractivity contribution in [1.29, 1.82) is 5.26 Å². The maximum atomic E-state index is 12.4. The van der Waals surface area contributed by atoms with E-state index in [1.54, 1.807) is 49.4 Å². The van der Waals surface area contributed by atoms with E-state index in [9.17, 15) is 9.90 Å². The van der Waals surface area contributed by atoms with E-state index in [4.69, 9.17) is 14.4 Å². The van der Waals surface area contributed by atoms with Gasteiger partial charge in [0.25, 0.3) is 0 Å². The number of nitriles is 1. The largest absolute Gasteiger partial charge is 0.508 e. The molecular formula is C20H17NO4. The highest BCUT2D eigenvalue weighted by atomic mass is 16.5. The summed E-state index contributed by atoms with van der Waals surface area (Å²) >= 11 is 0. The Kier molecular flexibility index (Phi) is 4.71. The number of carbonyl (C=O) groups is 1. The van der Waals surface area contributed by atoms with E-state index in [-0.39, 0.29) is 11.7 Å². The van der Waals surface area contributed by atoms with Gasteiger partial charge < -0.3 is 14.3 Å². The molecule has 1 atom stereocenters. The smallest absolute Gasteiger partial charge is 0.313 e. The second-order valence-electron chi connectivity index (χ2n) is 5.68. The molecule has 1 aromatic heterocycles. The fourth-order valence-corrected chi connectivity index (χ4v) is 2.76. The van der Waals surface area contributed by atoms with Gasteiger partial charge in [0.1, 0.15) is 17.1 Å². The van der Waals surface area contributed by atoms with E-state index >= 15 is 0 Å². The maximum absolute atomic E-state index is 12.4. The number of aromatic hydroxyl groups is 1. The Balaban J connectivity index is 1.93. The first kappa shape index (κ1) is 16.6. The van der Waals surface area contributed by atoms with E-state index in [1.165, 1.54) is 0 Å². The van der Waals surface area contributed by atoms with Crippen molar-refractivity contribution in [3.8, 4) is 11.8 Å². The number of hydrogen-bond donors (Lipinski definition) is 1. The monoisotopic (exact) mass is 335 g/mol. The van der Waals surface area contributed by atoms with E-state index in [1.807, 2.05) is 6.07 Å². The zero-order valence-corrected chi connectivity index (χ0v) is 13.7. The third-order valence-corrected chi connectivity index (χ3v) is 3.97. The van der Waals surface area contributed by atoms with Gasteiger partial charge in [-0.2, -0.15) is 5.26 Å². The van der Waals surface area contributed by atoms with Crippen LogP contribution in [-0.2, 0) is 16.0 Å². The lowest BCUT2D eigenvalue weighted by Gasteiger charge is -2.15. The van der Waals surface area contributed by atoms with Gasteiger partial charge in [-0.15, -0.1) is 0 Å². The van der Waals surface area contributed by atoms with Crippen molar-refractivity contribution < 1.29 is 19.1 Å². The average Bonchev–Trinajstić information content (AvgIpc) is 3.02. The van der Waals surface area contributed by atoms with Crippen LogP contribution in [0.5, 0.6) is 5.75 Å². The number of rotatable bonds is 5.